The normalized spacial score (nSPS) is 17.2. The number of sulfone groups is 1. The molecule has 0 bridgehead atoms. The summed E-state index contributed by atoms with van der Waals surface area (Å²) in [5.41, 5.74) is 0.365. The van der Waals surface area contributed by atoms with E-state index in [0.717, 1.165) is 12.8 Å². The van der Waals surface area contributed by atoms with Gasteiger partial charge in [0.25, 0.3) is 11.8 Å². The summed E-state index contributed by atoms with van der Waals surface area (Å²) in [4.78, 5) is 37.3. The summed E-state index contributed by atoms with van der Waals surface area (Å²) >= 11 is 0. The zero-order chi connectivity index (χ0) is 22.1. The molecule has 0 radical (unpaired) electrons. The fourth-order valence-electron chi connectivity index (χ4n) is 2.87. The van der Waals surface area contributed by atoms with Crippen LogP contribution in [0.3, 0.4) is 0 Å². The van der Waals surface area contributed by atoms with Crippen LogP contribution in [0.1, 0.15) is 36.5 Å². The van der Waals surface area contributed by atoms with Crippen LogP contribution in [-0.4, -0.2) is 75.5 Å². The van der Waals surface area contributed by atoms with Gasteiger partial charge >= 0.3 is 5.97 Å². The monoisotopic (exact) mass is 440 g/mol. The van der Waals surface area contributed by atoms with E-state index >= 15 is 0 Å². The van der Waals surface area contributed by atoms with Crippen LogP contribution in [0.15, 0.2) is 24.3 Å². The molecule has 9 nitrogen and oxygen atoms in total. The Balaban J connectivity index is 1.71. The number of amides is 2. The summed E-state index contributed by atoms with van der Waals surface area (Å²) in [6.45, 7) is 1.78. The highest BCUT2D eigenvalue weighted by molar-refractivity contribution is 7.91. The van der Waals surface area contributed by atoms with Crippen LogP contribution in [0.4, 0.5) is 0 Å². The van der Waals surface area contributed by atoms with Crippen molar-refractivity contribution >= 4 is 27.6 Å². The zero-order valence-electron chi connectivity index (χ0n) is 17.3. The maximum atomic E-state index is 12.1. The number of hydrogen-bond acceptors (Lipinski definition) is 7. The van der Waals surface area contributed by atoms with Gasteiger partial charge in [-0.2, -0.15) is 0 Å². The highest BCUT2D eigenvalue weighted by Gasteiger charge is 2.32. The topological polar surface area (TPSA) is 119 Å². The summed E-state index contributed by atoms with van der Waals surface area (Å²) < 4.78 is 33.4. The molecule has 1 aromatic carbocycles. The van der Waals surface area contributed by atoms with E-state index in [1.165, 1.54) is 11.9 Å². The summed E-state index contributed by atoms with van der Waals surface area (Å²) in [5.74, 6) is -1.07. The molecule has 1 saturated heterocycles. The summed E-state index contributed by atoms with van der Waals surface area (Å²) in [6, 6.07) is 6.14. The quantitative estimate of drug-likeness (QED) is 0.422. The van der Waals surface area contributed by atoms with E-state index in [1.807, 2.05) is 0 Å². The second-order valence-corrected chi connectivity index (χ2v) is 9.36. The van der Waals surface area contributed by atoms with Gasteiger partial charge in [0.15, 0.2) is 16.4 Å². The average molecular weight is 441 g/mol. The molecule has 2 amide bonds. The third-order valence-corrected chi connectivity index (χ3v) is 6.53. The number of unbranched alkanes of at least 4 members (excludes halogenated alkanes) is 1. The number of nitrogens with zero attached hydrogens (tertiary/aromatic N) is 1. The lowest BCUT2D eigenvalue weighted by atomic mass is 10.2. The predicted molar refractivity (Wildman–Crippen MR) is 110 cm³/mol. The molecule has 1 atom stereocenters. The van der Waals surface area contributed by atoms with Crippen LogP contribution in [-0.2, 0) is 24.2 Å². The van der Waals surface area contributed by atoms with Crippen LogP contribution >= 0.6 is 0 Å². The minimum atomic E-state index is -3.12. The molecule has 30 heavy (non-hydrogen) atoms. The number of esters is 1. The second kappa shape index (κ2) is 11.0. The van der Waals surface area contributed by atoms with E-state index in [0.29, 0.717) is 24.3 Å². The number of nitrogens with one attached hydrogen (secondary N) is 1. The minimum Gasteiger partial charge on any atom is -0.494 e. The van der Waals surface area contributed by atoms with E-state index in [9.17, 15) is 22.8 Å². The van der Waals surface area contributed by atoms with Gasteiger partial charge in [-0.1, -0.05) is 13.3 Å². The second-order valence-electron chi connectivity index (χ2n) is 7.13. The third kappa shape index (κ3) is 7.33. The number of rotatable bonds is 10. The first-order chi connectivity index (χ1) is 14.2. The van der Waals surface area contributed by atoms with Crippen molar-refractivity contribution in [3.63, 3.8) is 0 Å². The molecule has 0 saturated carbocycles. The fourth-order valence-corrected chi connectivity index (χ4v) is 4.65. The first-order valence-electron chi connectivity index (χ1n) is 9.84. The molecule has 0 unspecified atom stereocenters. The van der Waals surface area contributed by atoms with Gasteiger partial charge in [0.2, 0.25) is 0 Å². The third-order valence-electron chi connectivity index (χ3n) is 4.78. The molecular formula is C20H28N2O7S. The molecule has 1 aromatic rings. The molecule has 1 aliphatic rings. The Morgan fingerprint density at radius 2 is 1.90 bits per heavy atom. The van der Waals surface area contributed by atoms with Crippen LogP contribution in [0.5, 0.6) is 5.75 Å². The molecule has 2 rings (SSSR count). The van der Waals surface area contributed by atoms with Gasteiger partial charge in [-0.25, -0.2) is 8.42 Å². The first-order valence-corrected chi connectivity index (χ1v) is 11.7. The number of likely N-dealkylation sites (N-methyl/N-ethyl adjacent to an activating group) is 1. The average Bonchev–Trinajstić information content (AvgIpc) is 3.10. The molecule has 1 N–H and O–H groups in total. The van der Waals surface area contributed by atoms with Crippen molar-refractivity contribution in [2.45, 2.75) is 32.2 Å². The maximum absolute atomic E-state index is 12.1. The highest BCUT2D eigenvalue weighted by Crippen LogP contribution is 2.16. The van der Waals surface area contributed by atoms with Gasteiger partial charge in [-0.15, -0.1) is 0 Å². The lowest BCUT2D eigenvalue weighted by Crippen LogP contribution is -2.41. The Kier molecular flexibility index (Phi) is 8.64. The van der Waals surface area contributed by atoms with Crippen LogP contribution in [0.2, 0.25) is 0 Å². The Labute approximate surface area is 176 Å². The van der Waals surface area contributed by atoms with Gasteiger partial charge < -0.3 is 19.7 Å². The summed E-state index contributed by atoms with van der Waals surface area (Å²) in [6.07, 6.45) is 2.35. The van der Waals surface area contributed by atoms with Crippen LogP contribution < -0.4 is 10.1 Å². The smallest absolute Gasteiger partial charge is 0.325 e. The fraction of sp³-hybridized carbons (Fsp3) is 0.550. The van der Waals surface area contributed by atoms with Gasteiger partial charge in [0.1, 0.15) is 12.3 Å². The standard InChI is InChI=1S/C20H28N2O7S/c1-3-4-10-28-17-7-5-15(6-8-17)20(25)21-12-19(24)29-13-18(23)22(2)16-9-11-30(26,27)14-16/h5-8,16H,3-4,9-14H2,1-2H3,(H,21,25)/t16-/m0/s1. The molecule has 10 heteroatoms. The molecule has 1 heterocycles. The number of carbonyl (C=O) groups is 3. The van der Waals surface area contributed by atoms with Gasteiger partial charge in [-0.3, -0.25) is 14.4 Å². The van der Waals surface area contributed by atoms with Crippen molar-refractivity contribution in [2.75, 3.05) is 38.3 Å². The van der Waals surface area contributed by atoms with Crippen molar-refractivity contribution in [1.29, 1.82) is 0 Å². The number of carbonyl (C=O) groups excluding carboxylic acids is 3. The van der Waals surface area contributed by atoms with Gasteiger partial charge in [-0.05, 0) is 37.1 Å². The highest BCUT2D eigenvalue weighted by atomic mass is 32.2. The molecule has 0 spiro atoms. The van der Waals surface area contributed by atoms with E-state index in [2.05, 4.69) is 12.2 Å². The Hall–Kier alpha value is -2.62. The number of benzene rings is 1. The Morgan fingerprint density at radius 1 is 1.20 bits per heavy atom. The van der Waals surface area contributed by atoms with Crippen molar-refractivity contribution in [1.82, 2.24) is 10.2 Å². The van der Waals surface area contributed by atoms with E-state index in [4.69, 9.17) is 9.47 Å². The van der Waals surface area contributed by atoms with Crippen LogP contribution in [0, 0.1) is 0 Å². The van der Waals surface area contributed by atoms with Crippen molar-refractivity contribution in [3.8, 4) is 5.75 Å². The van der Waals surface area contributed by atoms with E-state index < -0.39 is 40.3 Å². The van der Waals surface area contributed by atoms with Crippen LogP contribution in [0.25, 0.3) is 0 Å². The number of ether oxygens (including phenoxy) is 2. The summed E-state index contributed by atoms with van der Waals surface area (Å²) in [7, 11) is -1.63. The molecular weight excluding hydrogens is 412 g/mol. The maximum Gasteiger partial charge on any atom is 0.325 e. The van der Waals surface area contributed by atoms with Gasteiger partial charge in [0.05, 0.1) is 18.1 Å². The largest absolute Gasteiger partial charge is 0.494 e. The lowest BCUT2D eigenvalue weighted by Gasteiger charge is -2.23. The zero-order valence-corrected chi connectivity index (χ0v) is 18.1. The molecule has 1 aliphatic heterocycles. The van der Waals surface area contributed by atoms with Gasteiger partial charge in [0, 0.05) is 18.7 Å². The summed E-state index contributed by atoms with van der Waals surface area (Å²) in [5, 5.41) is 2.43. The lowest BCUT2D eigenvalue weighted by molar-refractivity contribution is -0.151. The van der Waals surface area contributed by atoms with Crippen molar-refractivity contribution in [2.24, 2.45) is 0 Å². The Morgan fingerprint density at radius 3 is 2.50 bits per heavy atom. The molecule has 0 aliphatic carbocycles. The van der Waals surface area contributed by atoms with E-state index in [-0.39, 0.29) is 18.1 Å². The predicted octanol–water partition coefficient (Wildman–Crippen LogP) is 0.784. The van der Waals surface area contributed by atoms with E-state index in [1.54, 1.807) is 24.3 Å². The SMILES string of the molecule is CCCCOc1ccc(C(=O)NCC(=O)OCC(=O)N(C)[C@H]2CCS(=O)(=O)C2)cc1. The van der Waals surface area contributed by atoms with Crippen molar-refractivity contribution < 1.29 is 32.3 Å². The molecule has 0 aromatic heterocycles. The van der Waals surface area contributed by atoms with Crippen molar-refractivity contribution in [3.05, 3.63) is 29.8 Å². The minimum absolute atomic E-state index is 0.0486. The molecule has 166 valence electrons. The number of hydrogen-bond donors (Lipinski definition) is 1. The Bertz CT molecular complexity index is 852. The first kappa shape index (κ1) is 23.7. The molecule has 1 fully saturated rings.